The molecule has 0 spiro atoms. The number of ether oxygens (including phenoxy) is 1. The first kappa shape index (κ1) is 13.2. The van der Waals surface area contributed by atoms with Crippen molar-refractivity contribution in [2.45, 2.75) is 0 Å². The summed E-state index contributed by atoms with van der Waals surface area (Å²) >= 11 is 0. The zero-order valence-corrected chi connectivity index (χ0v) is 9.41. The van der Waals surface area contributed by atoms with Crippen LogP contribution >= 0.6 is 0 Å². The van der Waals surface area contributed by atoms with E-state index >= 15 is 0 Å². The molecule has 0 heterocycles. The second-order valence-corrected chi connectivity index (χ2v) is 3.22. The van der Waals surface area contributed by atoms with Crippen LogP contribution in [0.4, 0.5) is 5.69 Å². The molecule has 0 aliphatic carbocycles. The number of nitrogens with zero attached hydrogens (tertiary/aromatic N) is 2. The van der Waals surface area contributed by atoms with Crippen molar-refractivity contribution >= 4 is 17.7 Å². The molecule has 0 atom stereocenters. The molecule has 0 saturated carbocycles. The van der Waals surface area contributed by atoms with E-state index in [4.69, 9.17) is 15.7 Å². The number of primary amides is 1. The number of amides is 1. The molecule has 1 aromatic carbocycles. The van der Waals surface area contributed by atoms with Gasteiger partial charge in [-0.25, -0.2) is 0 Å². The highest BCUT2D eigenvalue weighted by atomic mass is 16.6. The molecule has 7 heteroatoms. The average Bonchev–Trinajstić information content (AvgIpc) is 2.35. The first-order valence-corrected chi connectivity index (χ1v) is 4.73. The minimum Gasteiger partial charge on any atom is -0.497 e. The highest BCUT2D eigenvalue weighted by Crippen LogP contribution is 2.26. The lowest BCUT2D eigenvalue weighted by Crippen LogP contribution is -2.12. The van der Waals surface area contributed by atoms with Gasteiger partial charge in [0.05, 0.1) is 23.7 Å². The molecular weight excluding hydrogens is 238 g/mol. The number of nitrogens with two attached hydrogens (primary N) is 1. The highest BCUT2D eigenvalue weighted by Gasteiger charge is 2.15. The Balaban J connectivity index is 3.37. The summed E-state index contributed by atoms with van der Waals surface area (Å²) < 4.78 is 4.86. The van der Waals surface area contributed by atoms with Gasteiger partial charge < -0.3 is 10.5 Å². The summed E-state index contributed by atoms with van der Waals surface area (Å²) in [5.74, 6) is -0.640. The number of carbonyl (C=O) groups excluding carboxylic acids is 1. The molecule has 0 bridgehead atoms. The molecule has 1 rings (SSSR count). The number of nitriles is 1. The van der Waals surface area contributed by atoms with Crippen LogP contribution in [0.1, 0.15) is 5.56 Å². The van der Waals surface area contributed by atoms with Crippen LogP contribution in [0.25, 0.3) is 6.08 Å². The lowest BCUT2D eigenvalue weighted by molar-refractivity contribution is -0.385. The smallest absolute Gasteiger partial charge is 0.280 e. The largest absolute Gasteiger partial charge is 0.497 e. The van der Waals surface area contributed by atoms with Crippen LogP contribution < -0.4 is 10.5 Å². The zero-order chi connectivity index (χ0) is 13.7. The third-order valence-electron chi connectivity index (χ3n) is 2.12. The fraction of sp³-hybridized carbons (Fsp3) is 0.0909. The zero-order valence-electron chi connectivity index (χ0n) is 9.41. The Morgan fingerprint density at radius 2 is 2.28 bits per heavy atom. The predicted octanol–water partition coefficient (Wildman–Crippen LogP) is 0.996. The Morgan fingerprint density at radius 3 is 2.72 bits per heavy atom. The van der Waals surface area contributed by atoms with Gasteiger partial charge in [-0.3, -0.25) is 14.9 Å². The van der Waals surface area contributed by atoms with E-state index < -0.39 is 10.8 Å². The minimum atomic E-state index is -0.942. The normalized spacial score (nSPS) is 10.6. The Labute approximate surface area is 102 Å². The summed E-state index contributed by atoms with van der Waals surface area (Å²) in [5.41, 5.74) is 4.43. The van der Waals surface area contributed by atoms with E-state index in [0.29, 0.717) is 5.75 Å². The van der Waals surface area contributed by atoms with Gasteiger partial charge in [0.2, 0.25) is 0 Å². The van der Waals surface area contributed by atoms with E-state index in [-0.39, 0.29) is 16.8 Å². The summed E-state index contributed by atoms with van der Waals surface area (Å²) in [5, 5.41) is 19.5. The van der Waals surface area contributed by atoms with E-state index in [1.54, 1.807) is 6.07 Å². The predicted molar refractivity (Wildman–Crippen MR) is 62.4 cm³/mol. The first-order valence-electron chi connectivity index (χ1n) is 4.73. The van der Waals surface area contributed by atoms with Crippen LogP contribution in [0.2, 0.25) is 0 Å². The number of hydrogen-bond donors (Lipinski definition) is 1. The SMILES string of the molecule is COc1ccc(/C=C(\C#N)C(N)=O)c([N+](=O)[O-])c1. The third-order valence-corrected chi connectivity index (χ3v) is 2.12. The second kappa shape index (κ2) is 5.45. The molecule has 0 aliphatic rings. The van der Waals surface area contributed by atoms with Crippen LogP contribution in [0, 0.1) is 21.4 Å². The van der Waals surface area contributed by atoms with Gasteiger partial charge in [-0.1, -0.05) is 0 Å². The van der Waals surface area contributed by atoms with Gasteiger partial charge in [-0.05, 0) is 18.2 Å². The average molecular weight is 247 g/mol. The fourth-order valence-electron chi connectivity index (χ4n) is 1.24. The number of nitro benzene ring substituents is 1. The molecule has 0 aromatic heterocycles. The van der Waals surface area contributed by atoms with Gasteiger partial charge in [0.25, 0.3) is 11.6 Å². The van der Waals surface area contributed by atoms with Gasteiger partial charge in [-0.15, -0.1) is 0 Å². The van der Waals surface area contributed by atoms with E-state index in [2.05, 4.69) is 0 Å². The molecular formula is C11H9N3O4. The molecule has 0 fully saturated rings. The van der Waals surface area contributed by atoms with Gasteiger partial charge in [-0.2, -0.15) is 5.26 Å². The van der Waals surface area contributed by atoms with Crippen molar-refractivity contribution in [2.75, 3.05) is 7.11 Å². The van der Waals surface area contributed by atoms with Crippen LogP contribution in [0.15, 0.2) is 23.8 Å². The number of carbonyl (C=O) groups is 1. The van der Waals surface area contributed by atoms with E-state index in [1.807, 2.05) is 0 Å². The van der Waals surface area contributed by atoms with Crippen LogP contribution in [0.3, 0.4) is 0 Å². The van der Waals surface area contributed by atoms with Crippen molar-refractivity contribution in [3.63, 3.8) is 0 Å². The Hall–Kier alpha value is -2.88. The summed E-state index contributed by atoms with van der Waals surface area (Å²) in [7, 11) is 1.37. The van der Waals surface area contributed by atoms with Crippen molar-refractivity contribution in [2.24, 2.45) is 5.73 Å². The molecule has 18 heavy (non-hydrogen) atoms. The molecule has 2 N–H and O–H groups in total. The topological polar surface area (TPSA) is 119 Å². The summed E-state index contributed by atoms with van der Waals surface area (Å²) in [6.45, 7) is 0. The van der Waals surface area contributed by atoms with Crippen LogP contribution in [-0.2, 0) is 4.79 Å². The van der Waals surface area contributed by atoms with Crippen LogP contribution in [-0.4, -0.2) is 17.9 Å². The molecule has 0 unspecified atom stereocenters. The Kier molecular flexibility index (Phi) is 3.99. The monoisotopic (exact) mass is 247 g/mol. The van der Waals surface area contributed by atoms with Crippen molar-refractivity contribution in [1.82, 2.24) is 0 Å². The summed E-state index contributed by atoms with van der Waals surface area (Å²) in [4.78, 5) is 21.1. The molecule has 1 amide bonds. The Morgan fingerprint density at radius 1 is 1.61 bits per heavy atom. The minimum absolute atomic E-state index is 0.108. The first-order chi connectivity index (χ1) is 8.49. The lowest BCUT2D eigenvalue weighted by Gasteiger charge is -2.02. The van der Waals surface area contributed by atoms with Crippen molar-refractivity contribution < 1.29 is 14.5 Å². The van der Waals surface area contributed by atoms with Gasteiger partial charge in [0.1, 0.15) is 17.4 Å². The van der Waals surface area contributed by atoms with Crippen LogP contribution in [0.5, 0.6) is 5.75 Å². The maximum Gasteiger partial charge on any atom is 0.280 e. The van der Waals surface area contributed by atoms with Gasteiger partial charge in [0, 0.05) is 0 Å². The Bertz CT molecular complexity index is 572. The van der Waals surface area contributed by atoms with Crippen molar-refractivity contribution in [3.8, 4) is 11.8 Å². The molecule has 0 saturated heterocycles. The van der Waals surface area contributed by atoms with Crippen molar-refractivity contribution in [3.05, 3.63) is 39.4 Å². The summed E-state index contributed by atoms with van der Waals surface area (Å²) in [6.07, 6.45) is 1.07. The maximum atomic E-state index is 10.9. The number of rotatable bonds is 4. The maximum absolute atomic E-state index is 10.9. The van der Waals surface area contributed by atoms with Gasteiger partial charge >= 0.3 is 0 Å². The fourth-order valence-corrected chi connectivity index (χ4v) is 1.24. The van der Waals surface area contributed by atoms with E-state index in [1.165, 1.54) is 25.3 Å². The van der Waals surface area contributed by atoms with E-state index in [9.17, 15) is 14.9 Å². The molecule has 92 valence electrons. The van der Waals surface area contributed by atoms with Gasteiger partial charge in [0.15, 0.2) is 0 Å². The van der Waals surface area contributed by atoms with Crippen molar-refractivity contribution in [1.29, 1.82) is 5.26 Å². The highest BCUT2D eigenvalue weighted by molar-refractivity contribution is 6.01. The lowest BCUT2D eigenvalue weighted by atomic mass is 10.1. The summed E-state index contributed by atoms with van der Waals surface area (Å²) in [6, 6.07) is 5.63. The number of hydrogen-bond acceptors (Lipinski definition) is 5. The standard InChI is InChI=1S/C11H9N3O4/c1-18-9-3-2-7(10(5-9)14(16)17)4-8(6-12)11(13)15/h2-5H,1H3,(H2,13,15)/b8-4+. The second-order valence-electron chi connectivity index (χ2n) is 3.22. The number of nitro groups is 1. The third kappa shape index (κ3) is 2.82. The number of methoxy groups -OCH3 is 1. The quantitative estimate of drug-likeness (QED) is 0.368. The molecule has 7 nitrogen and oxygen atoms in total. The molecule has 0 aliphatic heterocycles. The number of benzene rings is 1. The van der Waals surface area contributed by atoms with E-state index in [0.717, 1.165) is 6.08 Å². The molecule has 0 radical (unpaired) electrons. The molecule has 1 aromatic rings.